The third-order valence-corrected chi connectivity index (χ3v) is 6.00. The quantitative estimate of drug-likeness (QED) is 0.329. The van der Waals surface area contributed by atoms with E-state index >= 15 is 0 Å². The molecule has 1 heterocycles. The Labute approximate surface area is 240 Å². The van der Waals surface area contributed by atoms with Gasteiger partial charge in [-0.05, 0) is 47.7 Å². The minimum absolute atomic E-state index is 0.0449. The number of primary amides is 1. The average molecular weight is 566 g/mol. The normalized spacial score (nSPS) is 11.1. The maximum Gasteiger partial charge on any atom is 0.338 e. The first-order valence-corrected chi connectivity index (χ1v) is 12.9. The van der Waals surface area contributed by atoms with Crippen LogP contribution in [0.25, 0.3) is 5.69 Å². The van der Waals surface area contributed by atoms with Crippen LogP contribution in [0.1, 0.15) is 80.3 Å². The number of carbonyl (C=O) groups excluding carboxylic acids is 3. The van der Waals surface area contributed by atoms with Crippen molar-refractivity contribution in [1.29, 1.82) is 0 Å². The second-order valence-electron chi connectivity index (χ2n) is 11.6. The summed E-state index contributed by atoms with van der Waals surface area (Å²) in [5.41, 5.74) is 7.87. The molecule has 2 aromatic carbocycles. The number of anilines is 2. The predicted octanol–water partition coefficient (Wildman–Crippen LogP) is 4.91. The Kier molecular flexibility index (Phi) is 10.1. The number of carbonyl (C=O) groups is 4. The summed E-state index contributed by atoms with van der Waals surface area (Å²) in [6, 6.07) is 8.72. The number of amides is 3. The summed E-state index contributed by atoms with van der Waals surface area (Å²) in [5, 5.41) is 18.9. The highest BCUT2D eigenvalue weighted by Gasteiger charge is 2.22. The minimum atomic E-state index is -1.08. The molecule has 1 aromatic heterocycles. The van der Waals surface area contributed by atoms with Gasteiger partial charge in [-0.1, -0.05) is 47.6 Å². The Morgan fingerprint density at radius 1 is 0.951 bits per heavy atom. The molecule has 0 spiro atoms. The van der Waals surface area contributed by atoms with Crippen molar-refractivity contribution in [2.75, 3.05) is 17.7 Å². The number of nitrogens with two attached hydrogens (primary N) is 1. The Balaban J connectivity index is 0.000000745. The van der Waals surface area contributed by atoms with Crippen LogP contribution in [0.5, 0.6) is 5.75 Å². The molecule has 3 amide bonds. The van der Waals surface area contributed by atoms with Crippen molar-refractivity contribution in [2.45, 2.75) is 60.8 Å². The summed E-state index contributed by atoms with van der Waals surface area (Å²) in [4.78, 5) is 46.4. The first kappa shape index (κ1) is 32.5. The van der Waals surface area contributed by atoms with Gasteiger partial charge in [0.2, 0.25) is 11.8 Å². The van der Waals surface area contributed by atoms with E-state index in [-0.39, 0.29) is 28.2 Å². The first-order chi connectivity index (χ1) is 18.8. The number of ether oxygens (including phenoxy) is 1. The van der Waals surface area contributed by atoms with Crippen molar-refractivity contribution >= 4 is 35.1 Å². The molecule has 5 N–H and O–H groups in total. The zero-order valence-corrected chi connectivity index (χ0v) is 25.0. The maximum atomic E-state index is 13.2. The third-order valence-electron chi connectivity index (χ3n) is 6.00. The van der Waals surface area contributed by atoms with Crippen LogP contribution in [-0.2, 0) is 15.0 Å². The monoisotopic (exact) mass is 565 g/mol. The Bertz CT molecular complexity index is 1460. The highest BCUT2D eigenvalue weighted by Crippen LogP contribution is 2.39. The number of aromatic nitrogens is 2. The van der Waals surface area contributed by atoms with Crippen LogP contribution in [0.3, 0.4) is 0 Å². The summed E-state index contributed by atoms with van der Waals surface area (Å²) in [7, 11) is 1.47. The molecule has 0 bridgehead atoms. The van der Waals surface area contributed by atoms with Crippen molar-refractivity contribution in [3.05, 3.63) is 65.0 Å². The number of aryl methyl sites for hydroxylation is 1. The number of rotatable bonds is 6. The van der Waals surface area contributed by atoms with Crippen molar-refractivity contribution in [2.24, 2.45) is 11.1 Å². The molecule has 0 aliphatic carbocycles. The van der Waals surface area contributed by atoms with E-state index in [9.17, 15) is 24.3 Å². The third kappa shape index (κ3) is 8.66. The number of hydrogen-bond donors (Lipinski definition) is 4. The van der Waals surface area contributed by atoms with Crippen LogP contribution in [0.15, 0.2) is 42.7 Å². The van der Waals surface area contributed by atoms with E-state index in [0.717, 1.165) is 11.1 Å². The zero-order valence-electron chi connectivity index (χ0n) is 25.0. The molecule has 0 radical (unpaired) electrons. The lowest BCUT2D eigenvalue weighted by Crippen LogP contribution is -2.27. The summed E-state index contributed by atoms with van der Waals surface area (Å²) in [6.45, 7) is 14.7. The minimum Gasteiger partial charge on any atom is -0.492 e. The fourth-order valence-corrected chi connectivity index (χ4v) is 3.41. The van der Waals surface area contributed by atoms with Gasteiger partial charge in [0.15, 0.2) is 5.75 Å². The topological polar surface area (TPSA) is 166 Å². The van der Waals surface area contributed by atoms with E-state index in [1.165, 1.54) is 31.1 Å². The fraction of sp³-hybridized carbons (Fsp3) is 0.367. The molecule has 3 rings (SSSR count). The van der Waals surface area contributed by atoms with Gasteiger partial charge in [-0.15, -0.1) is 0 Å². The second kappa shape index (κ2) is 12.7. The van der Waals surface area contributed by atoms with Gasteiger partial charge in [-0.2, -0.15) is 5.10 Å². The van der Waals surface area contributed by atoms with E-state index in [1.54, 1.807) is 39.0 Å². The molecule has 41 heavy (non-hydrogen) atoms. The number of nitrogens with one attached hydrogen (secondary N) is 2. The van der Waals surface area contributed by atoms with Crippen molar-refractivity contribution in [3.63, 3.8) is 0 Å². The number of aromatic carboxylic acids is 1. The molecule has 11 heteroatoms. The molecule has 0 atom stereocenters. The second-order valence-corrected chi connectivity index (χ2v) is 11.6. The highest BCUT2D eigenvalue weighted by atomic mass is 16.5. The van der Waals surface area contributed by atoms with Crippen LogP contribution >= 0.6 is 0 Å². The summed E-state index contributed by atoms with van der Waals surface area (Å²) in [5.74, 6) is -1.66. The summed E-state index contributed by atoms with van der Waals surface area (Å²) >= 11 is 0. The van der Waals surface area contributed by atoms with Gasteiger partial charge in [-0.25, -0.2) is 9.48 Å². The maximum absolute atomic E-state index is 13.2. The van der Waals surface area contributed by atoms with Gasteiger partial charge in [0.25, 0.3) is 5.91 Å². The van der Waals surface area contributed by atoms with E-state index in [1.807, 2.05) is 39.8 Å². The number of hydrogen-bond acceptors (Lipinski definition) is 6. The predicted molar refractivity (Wildman–Crippen MR) is 158 cm³/mol. The number of methoxy groups -OCH3 is 1. The largest absolute Gasteiger partial charge is 0.492 e. The van der Waals surface area contributed by atoms with Crippen LogP contribution in [-0.4, -0.2) is 45.7 Å². The lowest BCUT2D eigenvalue weighted by molar-refractivity contribution is -0.125. The van der Waals surface area contributed by atoms with Gasteiger partial charge in [-0.3, -0.25) is 14.4 Å². The molecule has 0 fully saturated rings. The van der Waals surface area contributed by atoms with Gasteiger partial charge in [0.1, 0.15) is 0 Å². The van der Waals surface area contributed by atoms with Crippen LogP contribution in [0.4, 0.5) is 11.4 Å². The molecule has 11 nitrogen and oxygen atoms in total. The first-order valence-electron chi connectivity index (χ1n) is 12.9. The van der Waals surface area contributed by atoms with E-state index in [2.05, 4.69) is 15.7 Å². The molecular formula is C30H39N5O6. The van der Waals surface area contributed by atoms with Crippen molar-refractivity contribution in [3.8, 4) is 11.4 Å². The van der Waals surface area contributed by atoms with E-state index in [0.29, 0.717) is 28.4 Å². The standard InChI is InChI=1S/C25H28N4O5.C5H11NO/c1-14-7-8-16(9-21(14)29-13-17(12-26-29)24(32)33)23(31)28-20-11-18(25(3,4)5)10-19(22(20)34-6)27-15(2)30;1-5(2,3)4(6)7/h7-13H,1-6H3,(H,27,30)(H,28,31)(H,32,33);1-3H3,(H2,6,7). The van der Waals surface area contributed by atoms with Crippen LogP contribution < -0.4 is 21.1 Å². The molecule has 0 unspecified atom stereocenters. The zero-order chi connectivity index (χ0) is 31.3. The van der Waals surface area contributed by atoms with Crippen molar-refractivity contribution in [1.82, 2.24) is 9.78 Å². The number of carboxylic acids is 1. The smallest absolute Gasteiger partial charge is 0.338 e. The summed E-state index contributed by atoms with van der Waals surface area (Å²) < 4.78 is 6.94. The van der Waals surface area contributed by atoms with Gasteiger partial charge >= 0.3 is 5.97 Å². The Morgan fingerprint density at radius 3 is 1.95 bits per heavy atom. The number of carboxylic acid groups (broad SMARTS) is 1. The van der Waals surface area contributed by atoms with Crippen molar-refractivity contribution < 1.29 is 29.0 Å². The Hall–Kier alpha value is -4.67. The summed E-state index contributed by atoms with van der Waals surface area (Å²) in [6.07, 6.45) is 2.64. The number of benzene rings is 2. The van der Waals surface area contributed by atoms with Crippen LogP contribution in [0.2, 0.25) is 0 Å². The fourth-order valence-electron chi connectivity index (χ4n) is 3.41. The van der Waals surface area contributed by atoms with E-state index < -0.39 is 11.9 Å². The SMILES string of the molecule is CC(C)(C)C(N)=O.COc1c(NC(C)=O)cc(C(C)(C)C)cc1NC(=O)c1ccc(C)c(-n2cc(C(=O)O)cn2)c1. The molecule has 220 valence electrons. The molecular weight excluding hydrogens is 526 g/mol. The lowest BCUT2D eigenvalue weighted by Gasteiger charge is -2.24. The highest BCUT2D eigenvalue weighted by molar-refractivity contribution is 6.06. The van der Waals surface area contributed by atoms with Gasteiger partial charge in [0.05, 0.1) is 35.9 Å². The molecule has 0 aliphatic rings. The molecule has 3 aromatic rings. The van der Waals surface area contributed by atoms with Gasteiger partial charge < -0.3 is 26.2 Å². The Morgan fingerprint density at radius 2 is 1.51 bits per heavy atom. The average Bonchev–Trinajstić information content (AvgIpc) is 3.33. The molecule has 0 aliphatic heterocycles. The lowest BCUT2D eigenvalue weighted by atomic mass is 9.86. The molecule has 0 saturated carbocycles. The van der Waals surface area contributed by atoms with E-state index in [4.69, 9.17) is 10.5 Å². The van der Waals surface area contributed by atoms with Gasteiger partial charge in [0, 0.05) is 24.1 Å². The van der Waals surface area contributed by atoms with Crippen LogP contribution in [0, 0.1) is 12.3 Å². The number of nitrogens with zero attached hydrogens (tertiary/aromatic N) is 2. The molecule has 0 saturated heterocycles.